The second kappa shape index (κ2) is 5.61. The number of esters is 1. The van der Waals surface area contributed by atoms with Crippen molar-refractivity contribution in [1.29, 1.82) is 0 Å². The quantitative estimate of drug-likeness (QED) is 0.654. The molecule has 20 heavy (non-hydrogen) atoms. The van der Waals surface area contributed by atoms with Gasteiger partial charge in [-0.1, -0.05) is 0 Å². The van der Waals surface area contributed by atoms with E-state index in [0.717, 1.165) is 31.7 Å². The topological polar surface area (TPSA) is 52.3 Å². The number of aromatic nitrogens is 1. The third kappa shape index (κ3) is 2.71. The third-order valence-electron chi connectivity index (χ3n) is 2.93. The molecular weight excluding hydrogens is 410 g/mol. The van der Waals surface area contributed by atoms with Crippen LogP contribution in [0.2, 0.25) is 0 Å². The van der Waals surface area contributed by atoms with Crippen molar-refractivity contribution in [2.75, 3.05) is 6.61 Å². The van der Waals surface area contributed by atoms with E-state index in [2.05, 4.69) is 36.8 Å². The molecule has 2 aromatic rings. The van der Waals surface area contributed by atoms with Crippen molar-refractivity contribution in [3.05, 3.63) is 25.8 Å². The number of nitrogens with zero attached hydrogens (tertiary/aromatic N) is 1. The first kappa shape index (κ1) is 14.3. The molecule has 0 atom stereocenters. The van der Waals surface area contributed by atoms with Crippen molar-refractivity contribution in [3.8, 4) is 10.8 Å². The molecule has 1 fully saturated rings. The number of hydrogen-bond acceptors (Lipinski definition) is 5. The van der Waals surface area contributed by atoms with Crippen molar-refractivity contribution in [2.24, 2.45) is 0 Å². The van der Waals surface area contributed by atoms with Gasteiger partial charge in [0.1, 0.15) is 0 Å². The Labute approximate surface area is 136 Å². The Bertz CT molecular complexity index is 641. The summed E-state index contributed by atoms with van der Waals surface area (Å²) in [7, 11) is 0. The summed E-state index contributed by atoms with van der Waals surface area (Å²) in [6, 6.07) is 1.92. The number of halogens is 2. The van der Waals surface area contributed by atoms with Gasteiger partial charge in [-0.25, -0.2) is 9.78 Å². The highest BCUT2D eigenvalue weighted by molar-refractivity contribution is 9.13. The highest BCUT2D eigenvalue weighted by Gasteiger charge is 2.34. The zero-order valence-corrected chi connectivity index (χ0v) is 14.6. The minimum Gasteiger partial charge on any atom is -0.460 e. The summed E-state index contributed by atoms with van der Waals surface area (Å²) < 4.78 is 12.6. The van der Waals surface area contributed by atoms with E-state index in [9.17, 15) is 4.79 Å². The van der Waals surface area contributed by atoms with Crippen molar-refractivity contribution in [2.45, 2.75) is 25.7 Å². The van der Waals surface area contributed by atoms with Crippen LogP contribution in [-0.2, 0) is 4.74 Å². The van der Waals surface area contributed by atoms with Crippen LogP contribution in [-0.4, -0.2) is 17.6 Å². The summed E-state index contributed by atoms with van der Waals surface area (Å²) >= 11 is 8.39. The summed E-state index contributed by atoms with van der Waals surface area (Å²) in [5, 5.41) is 0. The highest BCUT2D eigenvalue weighted by atomic mass is 79.9. The molecular formula is C13H11Br2NO3S. The van der Waals surface area contributed by atoms with E-state index in [-0.39, 0.29) is 5.76 Å². The summed E-state index contributed by atoms with van der Waals surface area (Å²) in [5.41, 5.74) is 0.735. The van der Waals surface area contributed by atoms with Crippen molar-refractivity contribution < 1.29 is 13.9 Å². The van der Waals surface area contributed by atoms with E-state index < -0.39 is 5.97 Å². The molecule has 2 aromatic heterocycles. The third-order valence-corrected chi connectivity index (χ3v) is 6.18. The van der Waals surface area contributed by atoms with Gasteiger partial charge in [-0.15, -0.1) is 11.3 Å². The first-order valence-corrected chi connectivity index (χ1v) is 8.63. The zero-order valence-electron chi connectivity index (χ0n) is 10.6. The van der Waals surface area contributed by atoms with Crippen LogP contribution in [0.3, 0.4) is 0 Å². The Kier molecular flexibility index (Phi) is 4.01. The van der Waals surface area contributed by atoms with Gasteiger partial charge < -0.3 is 9.15 Å². The summed E-state index contributed by atoms with van der Waals surface area (Å²) in [6.07, 6.45) is 2.10. The first-order valence-electron chi connectivity index (χ1n) is 6.23. The Balaban J connectivity index is 2.00. The molecule has 1 aliphatic rings. The maximum absolute atomic E-state index is 11.9. The van der Waals surface area contributed by atoms with Gasteiger partial charge in [0.2, 0.25) is 11.7 Å². The van der Waals surface area contributed by atoms with Gasteiger partial charge >= 0.3 is 5.97 Å². The monoisotopic (exact) mass is 419 g/mol. The first-order chi connectivity index (χ1) is 9.60. The van der Waals surface area contributed by atoms with Crippen molar-refractivity contribution in [3.63, 3.8) is 0 Å². The Hall–Kier alpha value is -0.660. The van der Waals surface area contributed by atoms with Crippen LogP contribution in [0.5, 0.6) is 0 Å². The molecule has 0 amide bonds. The maximum atomic E-state index is 11.9. The maximum Gasteiger partial charge on any atom is 0.376 e. The molecule has 0 N–H and O–H groups in total. The fourth-order valence-electron chi connectivity index (χ4n) is 1.87. The molecule has 0 aromatic carbocycles. The highest BCUT2D eigenvalue weighted by Crippen LogP contribution is 2.44. The SMILES string of the molecule is CCOC(=O)c1oc(-c2cc(Br)c(Br)s2)nc1C1CC1. The molecule has 0 aliphatic heterocycles. The fourth-order valence-corrected chi connectivity index (χ4v) is 3.83. The number of carbonyl (C=O) groups excluding carboxylic acids is 1. The van der Waals surface area contributed by atoms with E-state index >= 15 is 0 Å². The van der Waals surface area contributed by atoms with E-state index in [1.54, 1.807) is 6.92 Å². The minimum atomic E-state index is -0.428. The molecule has 1 saturated carbocycles. The fraction of sp³-hybridized carbons (Fsp3) is 0.385. The number of carbonyl (C=O) groups is 1. The van der Waals surface area contributed by atoms with Gasteiger partial charge in [0.05, 0.1) is 21.0 Å². The lowest BCUT2D eigenvalue weighted by molar-refractivity contribution is 0.0489. The Morgan fingerprint density at radius 1 is 1.55 bits per heavy atom. The van der Waals surface area contributed by atoms with E-state index in [0.29, 0.717) is 18.4 Å². The van der Waals surface area contributed by atoms with Crippen molar-refractivity contribution in [1.82, 2.24) is 4.98 Å². The molecule has 106 valence electrons. The molecule has 3 rings (SSSR count). The lowest BCUT2D eigenvalue weighted by Crippen LogP contribution is -2.05. The molecule has 1 aliphatic carbocycles. The molecule has 2 heterocycles. The van der Waals surface area contributed by atoms with E-state index in [1.165, 1.54) is 11.3 Å². The minimum absolute atomic E-state index is 0.255. The van der Waals surface area contributed by atoms with E-state index in [1.807, 2.05) is 6.07 Å². The average molecular weight is 421 g/mol. The number of oxazole rings is 1. The van der Waals surface area contributed by atoms with Gasteiger partial charge in [-0.2, -0.15) is 0 Å². The number of hydrogen-bond donors (Lipinski definition) is 0. The number of thiophene rings is 1. The van der Waals surface area contributed by atoms with Crippen LogP contribution in [0.1, 0.15) is 41.9 Å². The van der Waals surface area contributed by atoms with Gasteiger partial charge in [-0.05, 0) is 57.7 Å². The second-order valence-electron chi connectivity index (χ2n) is 4.46. The summed E-state index contributed by atoms with van der Waals surface area (Å²) in [4.78, 5) is 17.3. The molecule has 4 nitrogen and oxygen atoms in total. The smallest absolute Gasteiger partial charge is 0.376 e. The van der Waals surface area contributed by atoms with Gasteiger partial charge in [0, 0.05) is 10.4 Å². The van der Waals surface area contributed by atoms with Gasteiger partial charge in [0.15, 0.2) is 0 Å². The largest absolute Gasteiger partial charge is 0.460 e. The zero-order chi connectivity index (χ0) is 14.3. The normalized spacial score (nSPS) is 14.6. The molecule has 0 radical (unpaired) electrons. The number of rotatable bonds is 4. The van der Waals surface area contributed by atoms with E-state index in [4.69, 9.17) is 9.15 Å². The lowest BCUT2D eigenvalue weighted by Gasteiger charge is -1.98. The number of ether oxygens (including phenoxy) is 1. The summed E-state index contributed by atoms with van der Waals surface area (Å²) in [5.74, 6) is 0.637. The molecule has 0 bridgehead atoms. The van der Waals surface area contributed by atoms with Gasteiger partial charge in [-0.3, -0.25) is 0 Å². The van der Waals surface area contributed by atoms with Crippen LogP contribution in [0.15, 0.2) is 18.7 Å². The standard InChI is InChI=1S/C13H11Br2NO3S/c1-2-18-13(17)10-9(6-3-4-6)16-12(19-10)8-5-7(14)11(15)20-8/h5-6H,2-4H2,1H3. The van der Waals surface area contributed by atoms with Crippen LogP contribution in [0.25, 0.3) is 10.8 Å². The predicted molar refractivity (Wildman–Crippen MR) is 83.1 cm³/mol. The lowest BCUT2D eigenvalue weighted by atomic mass is 10.2. The Morgan fingerprint density at radius 3 is 2.85 bits per heavy atom. The molecule has 7 heteroatoms. The Morgan fingerprint density at radius 2 is 2.30 bits per heavy atom. The van der Waals surface area contributed by atoms with Gasteiger partial charge in [0.25, 0.3) is 0 Å². The summed E-state index contributed by atoms with van der Waals surface area (Å²) in [6.45, 7) is 2.11. The molecule has 0 spiro atoms. The molecule has 0 unspecified atom stereocenters. The van der Waals surface area contributed by atoms with Crippen LogP contribution in [0.4, 0.5) is 0 Å². The molecule has 0 saturated heterocycles. The van der Waals surface area contributed by atoms with Crippen LogP contribution >= 0.6 is 43.2 Å². The van der Waals surface area contributed by atoms with Crippen LogP contribution in [0, 0.1) is 0 Å². The predicted octanol–water partition coefficient (Wildman–Crippen LogP) is 4.98. The van der Waals surface area contributed by atoms with Crippen LogP contribution < -0.4 is 0 Å². The average Bonchev–Trinajstić information content (AvgIpc) is 3.07. The van der Waals surface area contributed by atoms with Crippen molar-refractivity contribution >= 4 is 49.2 Å². The second-order valence-corrected chi connectivity index (χ2v) is 7.68.